The zero-order chi connectivity index (χ0) is 14.4. The van der Waals surface area contributed by atoms with E-state index in [1.54, 1.807) is 25.1 Å². The highest BCUT2D eigenvalue weighted by molar-refractivity contribution is 9.11. The number of hydrogen-bond donors (Lipinski definition) is 2. The number of carbonyl (C=O) groups is 2. The molecular weight excluding hydrogens is 380 g/mol. The van der Waals surface area contributed by atoms with Crippen molar-refractivity contribution in [3.05, 3.63) is 39.1 Å². The fraction of sp³-hybridized carbons (Fsp3) is 0.250. The molecule has 102 valence electrons. The summed E-state index contributed by atoms with van der Waals surface area (Å²) in [4.78, 5) is 26.9. The molecule has 0 aliphatic carbocycles. The summed E-state index contributed by atoms with van der Waals surface area (Å²) >= 11 is 6.44. The Morgan fingerprint density at radius 3 is 2.74 bits per heavy atom. The Kier molecular flexibility index (Phi) is 6.17. The van der Waals surface area contributed by atoms with Gasteiger partial charge >= 0.3 is 5.97 Å². The lowest BCUT2D eigenvalue weighted by atomic mass is 10.2. The second-order valence-corrected chi connectivity index (χ2v) is 5.42. The van der Waals surface area contributed by atoms with E-state index in [9.17, 15) is 9.59 Å². The number of aliphatic carboxylic acids is 1. The molecule has 7 heteroatoms. The topological polar surface area (TPSA) is 79.3 Å². The van der Waals surface area contributed by atoms with Gasteiger partial charge in [0.2, 0.25) is 0 Å². The Labute approximate surface area is 127 Å². The lowest BCUT2D eigenvalue weighted by Gasteiger charge is -2.12. The van der Waals surface area contributed by atoms with E-state index in [1.807, 2.05) is 0 Å². The quantitative estimate of drug-likeness (QED) is 0.756. The van der Waals surface area contributed by atoms with E-state index in [2.05, 4.69) is 42.2 Å². The Bertz CT molecular complexity index is 518. The summed E-state index contributed by atoms with van der Waals surface area (Å²) < 4.78 is 1.22. The summed E-state index contributed by atoms with van der Waals surface area (Å²) in [6.07, 6.45) is 5.12. The van der Waals surface area contributed by atoms with Gasteiger partial charge in [-0.1, -0.05) is 12.2 Å². The van der Waals surface area contributed by atoms with E-state index in [0.29, 0.717) is 4.47 Å². The van der Waals surface area contributed by atoms with Crippen LogP contribution in [0.4, 0.5) is 0 Å². The van der Waals surface area contributed by atoms with Crippen LogP contribution in [0.25, 0.3) is 0 Å². The normalized spacial score (nSPS) is 12.4. The highest BCUT2D eigenvalue weighted by atomic mass is 79.9. The zero-order valence-electron chi connectivity index (χ0n) is 10.1. The van der Waals surface area contributed by atoms with Crippen LogP contribution in [0.5, 0.6) is 0 Å². The molecule has 1 rings (SSSR count). The van der Waals surface area contributed by atoms with E-state index in [0.717, 1.165) is 4.47 Å². The van der Waals surface area contributed by atoms with Crippen LogP contribution < -0.4 is 5.32 Å². The molecular formula is C12H12Br2N2O3. The largest absolute Gasteiger partial charge is 0.480 e. The molecule has 1 aromatic heterocycles. The minimum Gasteiger partial charge on any atom is -0.480 e. The van der Waals surface area contributed by atoms with Crippen LogP contribution in [0, 0.1) is 0 Å². The van der Waals surface area contributed by atoms with E-state index >= 15 is 0 Å². The van der Waals surface area contributed by atoms with Crippen LogP contribution >= 0.6 is 31.9 Å². The van der Waals surface area contributed by atoms with Crippen LogP contribution in [-0.4, -0.2) is 28.0 Å². The summed E-state index contributed by atoms with van der Waals surface area (Å²) in [5, 5.41) is 11.5. The standard InChI is InChI=1S/C12H12Br2N2O3/c1-2-3-4-9(12(18)19)16-11(17)10-8(14)5-7(13)6-15-10/h2-3,5-6,9H,4H2,1H3,(H,16,17)(H,18,19)/b3-2+. The van der Waals surface area contributed by atoms with Gasteiger partial charge in [-0.2, -0.15) is 0 Å². The van der Waals surface area contributed by atoms with Crippen molar-refractivity contribution >= 4 is 43.7 Å². The molecule has 1 amide bonds. The maximum absolute atomic E-state index is 11.9. The first-order valence-corrected chi connectivity index (χ1v) is 7.00. The third kappa shape index (κ3) is 4.76. The van der Waals surface area contributed by atoms with Gasteiger partial charge in [-0.25, -0.2) is 9.78 Å². The number of amides is 1. The predicted molar refractivity (Wildman–Crippen MR) is 78.0 cm³/mol. The molecule has 0 radical (unpaired) electrons. The van der Waals surface area contributed by atoms with Crippen molar-refractivity contribution in [2.24, 2.45) is 0 Å². The Morgan fingerprint density at radius 1 is 1.53 bits per heavy atom. The van der Waals surface area contributed by atoms with Crippen molar-refractivity contribution in [2.75, 3.05) is 0 Å². The Hall–Kier alpha value is -1.21. The molecule has 1 atom stereocenters. The summed E-state index contributed by atoms with van der Waals surface area (Å²) in [5.41, 5.74) is 0.148. The van der Waals surface area contributed by atoms with Crippen LogP contribution in [0.15, 0.2) is 33.4 Å². The van der Waals surface area contributed by atoms with Crippen LogP contribution in [0.2, 0.25) is 0 Å². The van der Waals surface area contributed by atoms with Gasteiger partial charge in [0.25, 0.3) is 5.91 Å². The van der Waals surface area contributed by atoms with E-state index in [-0.39, 0.29) is 12.1 Å². The summed E-state index contributed by atoms with van der Waals surface area (Å²) in [5.74, 6) is -1.61. The molecule has 0 aliphatic rings. The van der Waals surface area contributed by atoms with Crippen molar-refractivity contribution in [3.63, 3.8) is 0 Å². The van der Waals surface area contributed by atoms with Gasteiger partial charge in [-0.15, -0.1) is 0 Å². The molecule has 0 saturated heterocycles. The van der Waals surface area contributed by atoms with Crippen LogP contribution in [-0.2, 0) is 4.79 Å². The van der Waals surface area contributed by atoms with Crippen molar-refractivity contribution in [3.8, 4) is 0 Å². The molecule has 0 fully saturated rings. The van der Waals surface area contributed by atoms with Crippen LogP contribution in [0.1, 0.15) is 23.8 Å². The lowest BCUT2D eigenvalue weighted by molar-refractivity contribution is -0.139. The molecule has 2 N–H and O–H groups in total. The molecule has 5 nitrogen and oxygen atoms in total. The maximum atomic E-state index is 11.9. The van der Waals surface area contributed by atoms with Gasteiger partial charge in [0.15, 0.2) is 0 Å². The number of hydrogen-bond acceptors (Lipinski definition) is 3. The fourth-order valence-electron chi connectivity index (χ4n) is 1.30. The minimum atomic E-state index is -1.08. The number of allylic oxidation sites excluding steroid dienone is 1. The third-order valence-electron chi connectivity index (χ3n) is 2.23. The molecule has 19 heavy (non-hydrogen) atoms. The van der Waals surface area contributed by atoms with Gasteiger partial charge in [-0.3, -0.25) is 4.79 Å². The van der Waals surface area contributed by atoms with Gasteiger partial charge in [-0.05, 0) is 51.3 Å². The monoisotopic (exact) mass is 390 g/mol. The van der Waals surface area contributed by atoms with E-state index in [1.165, 1.54) is 6.20 Å². The van der Waals surface area contributed by atoms with E-state index < -0.39 is 17.9 Å². The van der Waals surface area contributed by atoms with Gasteiger partial charge < -0.3 is 10.4 Å². The smallest absolute Gasteiger partial charge is 0.326 e. The number of rotatable bonds is 5. The first-order chi connectivity index (χ1) is 8.95. The van der Waals surface area contributed by atoms with Gasteiger partial charge in [0, 0.05) is 10.7 Å². The molecule has 0 spiro atoms. The molecule has 1 heterocycles. The molecule has 0 aliphatic heterocycles. The number of halogens is 2. The minimum absolute atomic E-state index is 0.148. The number of nitrogens with zero attached hydrogens (tertiary/aromatic N) is 1. The maximum Gasteiger partial charge on any atom is 0.326 e. The molecule has 0 aromatic carbocycles. The number of carbonyl (C=O) groups excluding carboxylic acids is 1. The number of nitrogens with one attached hydrogen (secondary N) is 1. The van der Waals surface area contributed by atoms with Crippen LogP contribution in [0.3, 0.4) is 0 Å². The summed E-state index contributed by atoms with van der Waals surface area (Å²) in [6.45, 7) is 1.79. The number of carboxylic acids is 1. The van der Waals surface area contributed by atoms with Gasteiger partial charge in [0.1, 0.15) is 11.7 Å². The zero-order valence-corrected chi connectivity index (χ0v) is 13.2. The SMILES string of the molecule is C/C=C/CC(NC(=O)c1ncc(Br)cc1Br)C(=O)O. The Morgan fingerprint density at radius 2 is 2.21 bits per heavy atom. The van der Waals surface area contributed by atoms with Crippen molar-refractivity contribution in [1.29, 1.82) is 0 Å². The highest BCUT2D eigenvalue weighted by Crippen LogP contribution is 2.19. The molecule has 0 saturated carbocycles. The predicted octanol–water partition coefficient (Wildman–Crippen LogP) is 2.76. The average Bonchev–Trinajstić information content (AvgIpc) is 2.33. The van der Waals surface area contributed by atoms with Crippen molar-refractivity contribution < 1.29 is 14.7 Å². The highest BCUT2D eigenvalue weighted by Gasteiger charge is 2.21. The third-order valence-corrected chi connectivity index (χ3v) is 3.27. The molecule has 1 unspecified atom stereocenters. The second-order valence-electron chi connectivity index (χ2n) is 3.65. The summed E-state index contributed by atoms with van der Waals surface area (Å²) in [6, 6.07) is 0.699. The average molecular weight is 392 g/mol. The fourth-order valence-corrected chi connectivity index (χ4v) is 2.47. The summed E-state index contributed by atoms with van der Waals surface area (Å²) in [7, 11) is 0. The first kappa shape index (κ1) is 15.8. The lowest BCUT2D eigenvalue weighted by Crippen LogP contribution is -2.40. The number of pyridine rings is 1. The number of carboxylic acid groups (broad SMARTS) is 1. The van der Waals surface area contributed by atoms with E-state index in [4.69, 9.17) is 5.11 Å². The molecule has 0 bridgehead atoms. The van der Waals surface area contributed by atoms with Gasteiger partial charge in [0.05, 0.1) is 4.47 Å². The first-order valence-electron chi connectivity index (χ1n) is 5.41. The second kappa shape index (κ2) is 7.40. The van der Waals surface area contributed by atoms with Crippen molar-refractivity contribution in [1.82, 2.24) is 10.3 Å². The van der Waals surface area contributed by atoms with Crippen molar-refractivity contribution in [2.45, 2.75) is 19.4 Å². The molecule has 1 aromatic rings. The number of aromatic nitrogens is 1. The Balaban J connectivity index is 2.84.